The monoisotopic (exact) mass is 316 g/mol. The number of likely N-dealkylation sites (tertiary alicyclic amines) is 1. The third kappa shape index (κ3) is 3.15. The third-order valence-corrected chi connectivity index (χ3v) is 5.38. The average molecular weight is 316 g/mol. The van der Waals surface area contributed by atoms with Crippen molar-refractivity contribution in [2.24, 2.45) is 5.92 Å². The van der Waals surface area contributed by atoms with E-state index in [9.17, 15) is 9.90 Å². The number of ether oxygens (including phenoxy) is 1. The Hall–Kier alpha value is -1.39. The molecule has 0 bridgehead atoms. The maximum atomic E-state index is 13.2. The highest BCUT2D eigenvalue weighted by atomic mass is 16.5. The fraction of sp³-hybridized carbons (Fsp3) is 0.579. The Balaban J connectivity index is 1.85. The van der Waals surface area contributed by atoms with Crippen LogP contribution in [0.25, 0.3) is 0 Å². The molecule has 23 heavy (non-hydrogen) atoms. The topological polar surface area (TPSA) is 49.8 Å². The van der Waals surface area contributed by atoms with Crippen LogP contribution in [0.4, 0.5) is 0 Å². The minimum atomic E-state index is -1.39. The van der Waals surface area contributed by atoms with Crippen LogP contribution in [0, 0.1) is 12.0 Å². The van der Waals surface area contributed by atoms with Gasteiger partial charge >= 0.3 is 0 Å². The van der Waals surface area contributed by atoms with E-state index < -0.39 is 5.60 Å². The summed E-state index contributed by atoms with van der Waals surface area (Å²) in [6.45, 7) is 1.26. The molecule has 1 amide bonds. The molecule has 1 aromatic carbocycles. The van der Waals surface area contributed by atoms with Gasteiger partial charge < -0.3 is 14.7 Å². The van der Waals surface area contributed by atoms with Crippen LogP contribution in [-0.4, -0.2) is 36.1 Å². The summed E-state index contributed by atoms with van der Waals surface area (Å²) in [5, 5.41) is 11.5. The van der Waals surface area contributed by atoms with Gasteiger partial charge in [-0.3, -0.25) is 4.79 Å². The molecular formula is C19H26NO3. The standard InChI is InChI=1S/C19H26NO3/c1-23-17-11-13-20(14-12-17)18(21)19(22,16-9-5-6-10-16)15-7-3-2-4-8-15/h2-4,7-8,16,22H,5-6,9-14H2,1H3/t19-/m0/s1. The van der Waals surface area contributed by atoms with Crippen LogP contribution in [0.1, 0.15) is 44.1 Å². The van der Waals surface area contributed by atoms with Gasteiger partial charge in [-0.1, -0.05) is 43.2 Å². The first-order valence-electron chi connectivity index (χ1n) is 8.62. The lowest BCUT2D eigenvalue weighted by Gasteiger charge is -2.40. The van der Waals surface area contributed by atoms with E-state index in [1.165, 1.54) is 0 Å². The Kier molecular flexibility index (Phi) is 5.02. The molecule has 4 heteroatoms. The summed E-state index contributed by atoms with van der Waals surface area (Å²) >= 11 is 0. The Morgan fingerprint density at radius 2 is 1.78 bits per heavy atom. The van der Waals surface area contributed by atoms with Gasteiger partial charge in [0, 0.05) is 26.1 Å². The SMILES string of the molecule is CO[C]1CCN(C(=O)[C@](O)(c2ccccc2)C2CCCC2)CC1. The van der Waals surface area contributed by atoms with Crippen molar-refractivity contribution in [1.29, 1.82) is 0 Å². The fourth-order valence-electron chi connectivity index (χ4n) is 3.97. The first-order chi connectivity index (χ1) is 11.2. The van der Waals surface area contributed by atoms with E-state index in [0.29, 0.717) is 13.1 Å². The van der Waals surface area contributed by atoms with Gasteiger partial charge in [0.05, 0.1) is 0 Å². The lowest BCUT2D eigenvalue weighted by molar-refractivity contribution is -0.160. The number of hydrogen-bond donors (Lipinski definition) is 1. The predicted octanol–water partition coefficient (Wildman–Crippen LogP) is 2.87. The molecule has 0 aromatic heterocycles. The number of piperidine rings is 1. The quantitative estimate of drug-likeness (QED) is 0.929. The third-order valence-electron chi connectivity index (χ3n) is 5.38. The summed E-state index contributed by atoms with van der Waals surface area (Å²) in [5.41, 5.74) is -0.652. The van der Waals surface area contributed by atoms with Crippen molar-refractivity contribution in [2.75, 3.05) is 20.2 Å². The van der Waals surface area contributed by atoms with E-state index in [2.05, 4.69) is 0 Å². The smallest absolute Gasteiger partial charge is 0.259 e. The Bertz CT molecular complexity index is 519. The zero-order valence-corrected chi connectivity index (χ0v) is 13.8. The Morgan fingerprint density at radius 3 is 2.35 bits per heavy atom. The molecule has 1 aromatic rings. The molecule has 1 saturated heterocycles. The molecule has 4 nitrogen and oxygen atoms in total. The van der Waals surface area contributed by atoms with Gasteiger partial charge in [0.25, 0.3) is 5.91 Å². The molecule has 3 rings (SSSR count). The summed E-state index contributed by atoms with van der Waals surface area (Å²) in [6, 6.07) is 9.48. The number of carbonyl (C=O) groups excluding carboxylic acids is 1. The van der Waals surface area contributed by atoms with Crippen molar-refractivity contribution in [2.45, 2.75) is 44.1 Å². The number of hydrogen-bond acceptors (Lipinski definition) is 3. The number of methoxy groups -OCH3 is 1. The van der Waals surface area contributed by atoms with Crippen molar-refractivity contribution in [3.63, 3.8) is 0 Å². The zero-order chi connectivity index (χ0) is 16.3. The Morgan fingerprint density at radius 1 is 1.17 bits per heavy atom. The predicted molar refractivity (Wildman–Crippen MR) is 88.4 cm³/mol. The minimum Gasteiger partial charge on any atom is -0.375 e. The van der Waals surface area contributed by atoms with E-state index >= 15 is 0 Å². The molecule has 1 N–H and O–H groups in total. The van der Waals surface area contributed by atoms with Crippen molar-refractivity contribution in [3.05, 3.63) is 42.0 Å². The van der Waals surface area contributed by atoms with Crippen molar-refractivity contribution in [1.82, 2.24) is 4.90 Å². The van der Waals surface area contributed by atoms with E-state index in [1.807, 2.05) is 35.2 Å². The molecular weight excluding hydrogens is 290 g/mol. The van der Waals surface area contributed by atoms with Gasteiger partial charge in [0.1, 0.15) is 6.10 Å². The molecule has 2 fully saturated rings. The van der Waals surface area contributed by atoms with E-state index in [0.717, 1.165) is 50.2 Å². The second-order valence-electron chi connectivity index (χ2n) is 6.65. The van der Waals surface area contributed by atoms with Crippen LogP contribution in [-0.2, 0) is 15.1 Å². The number of carbonyl (C=O) groups is 1. The first kappa shape index (κ1) is 16.5. The summed E-state index contributed by atoms with van der Waals surface area (Å²) < 4.78 is 5.31. The molecule has 1 heterocycles. The lowest BCUT2D eigenvalue weighted by Crippen LogP contribution is -2.52. The summed E-state index contributed by atoms with van der Waals surface area (Å²) in [4.78, 5) is 15.0. The van der Waals surface area contributed by atoms with Gasteiger partial charge in [-0.2, -0.15) is 0 Å². The second kappa shape index (κ2) is 7.02. The molecule has 125 valence electrons. The zero-order valence-electron chi connectivity index (χ0n) is 13.8. The summed E-state index contributed by atoms with van der Waals surface area (Å²) in [7, 11) is 1.69. The second-order valence-corrected chi connectivity index (χ2v) is 6.65. The number of amides is 1. The fourth-order valence-corrected chi connectivity index (χ4v) is 3.97. The Labute approximate surface area is 138 Å². The lowest BCUT2D eigenvalue weighted by atomic mass is 9.78. The van der Waals surface area contributed by atoms with Crippen molar-refractivity contribution >= 4 is 5.91 Å². The highest BCUT2D eigenvalue weighted by molar-refractivity contribution is 5.87. The molecule has 0 unspecified atom stereocenters. The average Bonchev–Trinajstić information content (AvgIpc) is 3.16. The van der Waals surface area contributed by atoms with Crippen LogP contribution in [0.15, 0.2) is 30.3 Å². The van der Waals surface area contributed by atoms with Gasteiger partial charge in [-0.25, -0.2) is 0 Å². The van der Waals surface area contributed by atoms with Gasteiger partial charge in [-0.15, -0.1) is 0 Å². The van der Waals surface area contributed by atoms with Gasteiger partial charge in [0.15, 0.2) is 5.60 Å². The van der Waals surface area contributed by atoms with Crippen LogP contribution in [0.3, 0.4) is 0 Å². The molecule has 1 aliphatic heterocycles. The van der Waals surface area contributed by atoms with Gasteiger partial charge in [-0.05, 0) is 31.2 Å². The number of benzene rings is 1. The highest BCUT2D eigenvalue weighted by Crippen LogP contribution is 2.42. The maximum absolute atomic E-state index is 13.2. The van der Waals surface area contributed by atoms with E-state index in [1.54, 1.807) is 7.11 Å². The van der Waals surface area contributed by atoms with Crippen molar-refractivity contribution in [3.8, 4) is 0 Å². The van der Waals surface area contributed by atoms with Crippen molar-refractivity contribution < 1.29 is 14.6 Å². The molecule has 1 aliphatic carbocycles. The molecule has 1 radical (unpaired) electrons. The largest absolute Gasteiger partial charge is 0.375 e. The number of rotatable bonds is 4. The minimum absolute atomic E-state index is 0.0187. The van der Waals surface area contributed by atoms with Crippen LogP contribution < -0.4 is 0 Å². The molecule has 1 atom stereocenters. The maximum Gasteiger partial charge on any atom is 0.259 e. The number of nitrogens with zero attached hydrogens (tertiary/aromatic N) is 1. The molecule has 1 saturated carbocycles. The summed E-state index contributed by atoms with van der Waals surface area (Å²) in [6.07, 6.45) is 6.58. The summed E-state index contributed by atoms with van der Waals surface area (Å²) in [5.74, 6) is -0.115. The van der Waals surface area contributed by atoms with Crippen LogP contribution in [0.2, 0.25) is 0 Å². The normalized spacial score (nSPS) is 23.0. The van der Waals surface area contributed by atoms with E-state index in [4.69, 9.17) is 4.74 Å². The highest BCUT2D eigenvalue weighted by Gasteiger charge is 2.48. The van der Waals surface area contributed by atoms with Crippen LogP contribution in [0.5, 0.6) is 0 Å². The van der Waals surface area contributed by atoms with E-state index in [-0.39, 0.29) is 11.8 Å². The molecule has 0 spiro atoms. The first-order valence-corrected chi connectivity index (χ1v) is 8.62. The van der Waals surface area contributed by atoms with Gasteiger partial charge in [0.2, 0.25) is 0 Å². The molecule has 2 aliphatic rings. The number of aliphatic hydroxyl groups is 1. The van der Waals surface area contributed by atoms with Crippen LogP contribution >= 0.6 is 0 Å².